The lowest BCUT2D eigenvalue weighted by Gasteiger charge is -2.22. The Hall–Kier alpha value is -4.23. The minimum Gasteiger partial charge on any atom is -0.378 e. The Bertz CT molecular complexity index is 1720. The number of nitro benzene ring substituents is 1. The third-order valence-electron chi connectivity index (χ3n) is 10.2. The predicted molar refractivity (Wildman–Crippen MR) is 196 cm³/mol. The van der Waals surface area contributed by atoms with Gasteiger partial charge in [-0.15, -0.1) is 0 Å². The van der Waals surface area contributed by atoms with Gasteiger partial charge < -0.3 is 14.4 Å². The number of ether oxygens (including phenoxy) is 1. The first kappa shape index (κ1) is 39.0. The maximum absolute atomic E-state index is 14.0. The highest BCUT2D eigenvalue weighted by Gasteiger charge is 2.31. The predicted octanol–water partition coefficient (Wildman–Crippen LogP) is 8.64. The topological polar surface area (TPSA) is 164 Å². The number of benzene rings is 2. The minimum atomic E-state index is -0.657. The van der Waals surface area contributed by atoms with E-state index in [2.05, 4.69) is 10.3 Å². The summed E-state index contributed by atoms with van der Waals surface area (Å²) < 4.78 is 5.11. The van der Waals surface area contributed by atoms with E-state index >= 15 is 0 Å². The van der Waals surface area contributed by atoms with Crippen LogP contribution in [-0.4, -0.2) is 53.6 Å². The van der Waals surface area contributed by atoms with E-state index < -0.39 is 16.7 Å². The summed E-state index contributed by atoms with van der Waals surface area (Å²) in [4.78, 5) is 75.7. The van der Waals surface area contributed by atoms with Crippen LogP contribution < -0.4 is 0 Å². The van der Waals surface area contributed by atoms with Gasteiger partial charge >= 0.3 is 11.9 Å². The van der Waals surface area contributed by atoms with Crippen molar-refractivity contribution in [3.8, 4) is 0 Å². The van der Waals surface area contributed by atoms with E-state index in [4.69, 9.17) is 14.4 Å². The Labute approximate surface area is 308 Å². The number of Topliss-reactive ketones (excluding diaryl/α,β-unsaturated/α-hetero) is 2. The maximum Gasteiger partial charge on any atom is 0.338 e. The molecule has 0 unspecified atom stereocenters. The molecule has 52 heavy (non-hydrogen) atoms. The highest BCUT2D eigenvalue weighted by atomic mass is 32.2. The van der Waals surface area contributed by atoms with E-state index in [-0.39, 0.29) is 64.7 Å². The van der Waals surface area contributed by atoms with Crippen molar-refractivity contribution in [3.63, 3.8) is 0 Å². The summed E-state index contributed by atoms with van der Waals surface area (Å²) in [5, 5.41) is 20.3. The smallest absolute Gasteiger partial charge is 0.338 e. The maximum atomic E-state index is 14.0. The quantitative estimate of drug-likeness (QED) is 0.0569. The van der Waals surface area contributed by atoms with Crippen LogP contribution in [0.1, 0.15) is 130 Å². The average Bonchev–Trinajstić information content (AvgIpc) is 3.90. The zero-order valence-corrected chi connectivity index (χ0v) is 30.9. The number of carbonyl (C=O) groups is 4. The van der Waals surface area contributed by atoms with Crippen molar-refractivity contribution < 1.29 is 38.5 Å². The summed E-state index contributed by atoms with van der Waals surface area (Å²) in [7, 11) is 1.37. The molecule has 0 aliphatic heterocycles. The highest BCUT2D eigenvalue weighted by Crippen LogP contribution is 2.40. The van der Waals surface area contributed by atoms with Gasteiger partial charge in [-0.1, -0.05) is 80.9 Å². The molecule has 3 saturated carbocycles. The molecular formula is C39H47N3O9S. The van der Waals surface area contributed by atoms with Crippen LogP contribution in [0.5, 0.6) is 0 Å². The number of hydrogen-bond donors (Lipinski definition) is 0. The van der Waals surface area contributed by atoms with Crippen molar-refractivity contribution in [1.82, 2.24) is 0 Å². The normalized spacial score (nSPS) is 17.8. The van der Waals surface area contributed by atoms with E-state index in [1.54, 1.807) is 18.2 Å². The lowest BCUT2D eigenvalue weighted by atomic mass is 9.83. The molecule has 0 heterocycles. The minimum absolute atomic E-state index is 0.00282. The van der Waals surface area contributed by atoms with E-state index in [0.29, 0.717) is 28.2 Å². The Morgan fingerprint density at radius 3 is 1.83 bits per heavy atom. The van der Waals surface area contributed by atoms with Crippen molar-refractivity contribution in [2.75, 3.05) is 13.7 Å². The van der Waals surface area contributed by atoms with Crippen molar-refractivity contribution in [2.24, 2.45) is 28.1 Å². The van der Waals surface area contributed by atoms with E-state index in [1.807, 2.05) is 13.8 Å². The number of methoxy groups -OCH3 is 1. The second-order valence-electron chi connectivity index (χ2n) is 14.2. The van der Waals surface area contributed by atoms with Crippen molar-refractivity contribution in [2.45, 2.75) is 113 Å². The van der Waals surface area contributed by atoms with Crippen molar-refractivity contribution in [1.29, 1.82) is 0 Å². The van der Waals surface area contributed by atoms with Crippen LogP contribution in [-0.2, 0) is 24.0 Å². The summed E-state index contributed by atoms with van der Waals surface area (Å²) in [6, 6.07) is 9.38. The van der Waals surface area contributed by atoms with Crippen LogP contribution >= 0.6 is 11.8 Å². The second kappa shape index (κ2) is 18.5. The Kier molecular flexibility index (Phi) is 13.9. The number of oxime groups is 2. The van der Waals surface area contributed by atoms with Gasteiger partial charge in [0.15, 0.2) is 5.71 Å². The molecule has 2 aromatic rings. The highest BCUT2D eigenvalue weighted by molar-refractivity contribution is 7.99. The first-order valence-electron chi connectivity index (χ1n) is 18.3. The lowest BCUT2D eigenvalue weighted by molar-refractivity contribution is -0.387. The lowest BCUT2D eigenvalue weighted by Crippen LogP contribution is -2.27. The molecule has 0 aromatic heterocycles. The van der Waals surface area contributed by atoms with Gasteiger partial charge in [-0.2, -0.15) is 0 Å². The summed E-state index contributed by atoms with van der Waals surface area (Å²) in [5.74, 6) is -2.44. The molecule has 278 valence electrons. The van der Waals surface area contributed by atoms with E-state index in [9.17, 15) is 29.3 Å². The molecule has 3 fully saturated rings. The largest absolute Gasteiger partial charge is 0.378 e. The van der Waals surface area contributed by atoms with Gasteiger partial charge in [0.2, 0.25) is 11.6 Å². The number of hydrogen-bond acceptors (Lipinski definition) is 12. The fourth-order valence-corrected chi connectivity index (χ4v) is 8.33. The number of rotatable bonds is 15. The van der Waals surface area contributed by atoms with E-state index in [0.717, 1.165) is 88.0 Å². The third kappa shape index (κ3) is 9.80. The van der Waals surface area contributed by atoms with Crippen molar-refractivity contribution in [3.05, 3.63) is 63.2 Å². The average molecular weight is 734 g/mol. The van der Waals surface area contributed by atoms with Gasteiger partial charge in [0.05, 0.1) is 28.3 Å². The monoisotopic (exact) mass is 733 g/mol. The van der Waals surface area contributed by atoms with Gasteiger partial charge in [-0.3, -0.25) is 19.7 Å². The second-order valence-corrected chi connectivity index (χ2v) is 15.3. The fourth-order valence-electron chi connectivity index (χ4n) is 7.17. The van der Waals surface area contributed by atoms with Crippen LogP contribution in [0.15, 0.2) is 56.5 Å². The molecule has 0 spiro atoms. The Morgan fingerprint density at radius 2 is 1.27 bits per heavy atom. The first-order chi connectivity index (χ1) is 25.1. The number of nitrogens with zero attached hydrogens (tertiary/aromatic N) is 3. The van der Waals surface area contributed by atoms with Gasteiger partial charge in [0.1, 0.15) is 5.71 Å². The molecule has 0 radical (unpaired) electrons. The number of nitro groups is 1. The SMILES string of the molecule is COC/C(=N\OC(=O)C1CCCC1)C(=O)c1ccc(Sc2ccc(C(=O)/C(=N/OC(=O)C3CCCC3)C3CCCCC3)cc2C(C)C)c([N+](=O)[O-])c1. The molecule has 3 aliphatic rings. The molecule has 3 aliphatic carbocycles. The summed E-state index contributed by atoms with van der Waals surface area (Å²) >= 11 is 1.16. The number of ketones is 2. The molecule has 12 nitrogen and oxygen atoms in total. The summed E-state index contributed by atoms with van der Waals surface area (Å²) in [5.41, 5.74) is 0.994. The van der Waals surface area contributed by atoms with Gasteiger partial charge in [0.25, 0.3) is 5.69 Å². The van der Waals surface area contributed by atoms with Crippen LogP contribution in [0.4, 0.5) is 5.69 Å². The van der Waals surface area contributed by atoms with Crippen LogP contribution in [0.3, 0.4) is 0 Å². The number of carbonyl (C=O) groups excluding carboxylic acids is 4. The molecule has 0 atom stereocenters. The van der Waals surface area contributed by atoms with Crippen molar-refractivity contribution >= 4 is 52.4 Å². The van der Waals surface area contributed by atoms with Gasteiger partial charge in [-0.25, -0.2) is 9.59 Å². The summed E-state index contributed by atoms with van der Waals surface area (Å²) in [6.45, 7) is 3.69. The molecule has 0 N–H and O–H groups in total. The molecule has 13 heteroatoms. The Morgan fingerprint density at radius 1 is 0.750 bits per heavy atom. The molecule has 5 rings (SSSR count). The van der Waals surface area contributed by atoms with Crippen LogP contribution in [0.2, 0.25) is 0 Å². The third-order valence-corrected chi connectivity index (χ3v) is 11.3. The molecule has 0 amide bonds. The summed E-state index contributed by atoms with van der Waals surface area (Å²) in [6.07, 6.45) is 11.4. The van der Waals surface area contributed by atoms with Crippen LogP contribution in [0, 0.1) is 27.9 Å². The van der Waals surface area contributed by atoms with Gasteiger partial charge in [-0.05, 0) is 80.3 Å². The molecular weight excluding hydrogens is 687 g/mol. The molecule has 2 aromatic carbocycles. The van der Waals surface area contributed by atoms with Gasteiger partial charge in [0, 0.05) is 35.1 Å². The first-order valence-corrected chi connectivity index (χ1v) is 19.1. The zero-order chi connectivity index (χ0) is 37.2. The standard InChI is InChI=1S/C39H47N3O9S/c1-24(2)30-21-28(37(44)35(25-11-5-4-6-12-25)41-51-39(46)27-15-9-10-16-27)17-19-33(30)52-34-20-18-29(22-32(34)42(47)48)36(43)31(23-49-3)40-50-38(45)26-13-7-8-14-26/h17-22,24-27H,4-16,23H2,1-3H3/b40-31+,41-35+. The molecule has 0 bridgehead atoms. The zero-order valence-electron chi connectivity index (χ0n) is 30.1. The fraction of sp³-hybridized carbons (Fsp3) is 0.538. The Balaban J connectivity index is 1.38. The molecule has 0 saturated heterocycles. The van der Waals surface area contributed by atoms with E-state index in [1.165, 1.54) is 25.3 Å². The van der Waals surface area contributed by atoms with Crippen LogP contribution in [0.25, 0.3) is 0 Å².